The van der Waals surface area contributed by atoms with Crippen molar-refractivity contribution in [1.29, 1.82) is 0 Å². The van der Waals surface area contributed by atoms with Crippen LogP contribution in [0.5, 0.6) is 5.75 Å². The number of aromatic nitrogens is 2. The summed E-state index contributed by atoms with van der Waals surface area (Å²) in [5, 5.41) is 16.2. The van der Waals surface area contributed by atoms with Crippen LogP contribution < -0.4 is 20.7 Å². The van der Waals surface area contributed by atoms with Crippen LogP contribution in [0.2, 0.25) is 0 Å². The van der Waals surface area contributed by atoms with E-state index < -0.39 is 24.1 Å². The van der Waals surface area contributed by atoms with Gasteiger partial charge in [0.25, 0.3) is 0 Å². The fourth-order valence-electron chi connectivity index (χ4n) is 3.56. The van der Waals surface area contributed by atoms with Gasteiger partial charge in [0.15, 0.2) is 5.11 Å². The molecule has 14 heteroatoms. The molecule has 8 nitrogen and oxygen atoms in total. The van der Waals surface area contributed by atoms with Crippen molar-refractivity contribution in [3.05, 3.63) is 78.4 Å². The molecular formula is C27H22F5N5O3S. The molecule has 0 spiro atoms. The summed E-state index contributed by atoms with van der Waals surface area (Å²) in [6.07, 6.45) is -11.2. The highest BCUT2D eigenvalue weighted by molar-refractivity contribution is 7.80. The Hall–Kier alpha value is -4.59. The minimum absolute atomic E-state index is 0.00392. The number of halogens is 5. The van der Waals surface area contributed by atoms with Crippen LogP contribution in [0.3, 0.4) is 0 Å². The van der Waals surface area contributed by atoms with Crippen LogP contribution in [0.4, 0.5) is 38.1 Å². The molecule has 1 aromatic heterocycles. The fraction of sp³-hybridized carbons (Fsp3) is 0.185. The number of ether oxygens (including phenoxy) is 1. The van der Waals surface area contributed by atoms with Gasteiger partial charge in [-0.1, -0.05) is 32.0 Å². The number of hydrogen-bond acceptors (Lipinski definition) is 6. The largest absolute Gasteiger partial charge is 0.499 e. The van der Waals surface area contributed by atoms with Crippen LogP contribution in [0.15, 0.2) is 77.2 Å². The Bertz CT molecular complexity index is 1520. The molecule has 4 rings (SSSR count). The van der Waals surface area contributed by atoms with Gasteiger partial charge >= 0.3 is 18.3 Å². The maximum atomic E-state index is 13.1. The molecule has 0 aliphatic carbocycles. The summed E-state index contributed by atoms with van der Waals surface area (Å²) in [4.78, 5) is 12.4. The third-order valence-electron chi connectivity index (χ3n) is 5.55. The van der Waals surface area contributed by atoms with E-state index in [1.165, 1.54) is 12.1 Å². The lowest BCUT2D eigenvalue weighted by atomic mass is 10.0. The van der Waals surface area contributed by atoms with Gasteiger partial charge in [-0.3, -0.25) is 5.32 Å². The summed E-state index contributed by atoms with van der Waals surface area (Å²) in [6.45, 7) is 4.10. The quantitative estimate of drug-likeness (QED) is 0.150. The predicted molar refractivity (Wildman–Crippen MR) is 146 cm³/mol. The molecule has 2 amide bonds. The average molecular weight is 592 g/mol. The van der Waals surface area contributed by atoms with E-state index in [0.29, 0.717) is 11.3 Å². The Balaban J connectivity index is 1.34. The molecule has 1 heterocycles. The summed E-state index contributed by atoms with van der Waals surface area (Å²) in [5.41, 5.74) is 3.06. The Kier molecular flexibility index (Phi) is 8.52. The first-order chi connectivity index (χ1) is 19.3. The van der Waals surface area contributed by atoms with Crippen molar-refractivity contribution in [3.8, 4) is 28.7 Å². The van der Waals surface area contributed by atoms with Crippen LogP contribution in [-0.2, 0) is 0 Å². The van der Waals surface area contributed by atoms with Crippen molar-refractivity contribution in [2.45, 2.75) is 32.1 Å². The second kappa shape index (κ2) is 11.9. The molecule has 3 aromatic carbocycles. The van der Waals surface area contributed by atoms with Gasteiger partial charge in [0, 0.05) is 22.5 Å². The first-order valence-electron chi connectivity index (χ1n) is 12.0. The van der Waals surface area contributed by atoms with E-state index in [1.807, 2.05) is 38.1 Å². The number of anilines is 2. The lowest BCUT2D eigenvalue weighted by molar-refractivity contribution is -0.360. The number of urea groups is 1. The van der Waals surface area contributed by atoms with Gasteiger partial charge in [-0.25, -0.2) is 4.79 Å². The SMILES string of the molecule is CC(C)c1ccccc1NC(=S)NC(=O)Nc1ccc(-c2nnc(-c3ccc(OC(F)(F)C(F)(F)F)cc3)o2)cc1. The van der Waals surface area contributed by atoms with Gasteiger partial charge in [-0.15, -0.1) is 10.2 Å². The van der Waals surface area contributed by atoms with Crippen molar-refractivity contribution in [2.75, 3.05) is 10.6 Å². The van der Waals surface area contributed by atoms with Crippen molar-refractivity contribution >= 4 is 34.7 Å². The summed E-state index contributed by atoms with van der Waals surface area (Å²) in [7, 11) is 0. The number of benzene rings is 3. The Labute approximate surface area is 235 Å². The third kappa shape index (κ3) is 7.33. The van der Waals surface area contributed by atoms with Crippen molar-refractivity contribution in [3.63, 3.8) is 0 Å². The lowest BCUT2D eigenvalue weighted by Gasteiger charge is -2.20. The fourth-order valence-corrected chi connectivity index (χ4v) is 3.76. The maximum absolute atomic E-state index is 13.1. The van der Waals surface area contributed by atoms with Gasteiger partial charge in [0.1, 0.15) is 5.75 Å². The molecule has 41 heavy (non-hydrogen) atoms. The van der Waals surface area contributed by atoms with Gasteiger partial charge < -0.3 is 19.8 Å². The number of rotatable bonds is 7. The molecule has 0 aliphatic heterocycles. The average Bonchev–Trinajstić information content (AvgIpc) is 3.39. The summed E-state index contributed by atoms with van der Waals surface area (Å²) in [5.74, 6) is -0.337. The molecule has 0 aliphatic rings. The normalized spacial score (nSPS) is 11.7. The van der Waals surface area contributed by atoms with E-state index in [0.717, 1.165) is 23.4 Å². The summed E-state index contributed by atoms with van der Waals surface area (Å²) in [6, 6.07) is 17.7. The van der Waals surface area contributed by atoms with E-state index in [4.69, 9.17) is 16.6 Å². The zero-order chi connectivity index (χ0) is 29.8. The molecule has 0 saturated heterocycles. The molecule has 0 unspecified atom stereocenters. The Morgan fingerprint density at radius 2 is 1.41 bits per heavy atom. The second-order valence-corrected chi connectivity index (χ2v) is 9.31. The highest BCUT2D eigenvalue weighted by Crippen LogP contribution is 2.37. The highest BCUT2D eigenvalue weighted by Gasteiger charge is 2.61. The topological polar surface area (TPSA) is 101 Å². The monoisotopic (exact) mass is 591 g/mol. The van der Waals surface area contributed by atoms with Crippen LogP contribution in [0.1, 0.15) is 25.3 Å². The van der Waals surface area contributed by atoms with E-state index in [2.05, 4.69) is 30.9 Å². The van der Waals surface area contributed by atoms with Crippen molar-refractivity contribution < 1.29 is 35.9 Å². The number of carbonyl (C=O) groups is 1. The number of alkyl halides is 5. The zero-order valence-electron chi connectivity index (χ0n) is 21.4. The minimum Gasteiger partial charge on any atom is -0.426 e. The van der Waals surface area contributed by atoms with Gasteiger partial charge in [-0.05, 0) is 78.3 Å². The van der Waals surface area contributed by atoms with Crippen molar-refractivity contribution in [1.82, 2.24) is 15.5 Å². The van der Waals surface area contributed by atoms with Gasteiger partial charge in [0.05, 0.1) is 0 Å². The standard InChI is InChI=1S/C27H22F5N5O3S/c1-15(2)20-5-3-4-6-21(20)34-25(41)35-24(38)33-18-11-7-16(8-12-18)22-36-37-23(39-22)17-9-13-19(14-10-17)40-27(31,32)26(28,29)30/h3-15H,1-2H3,(H3,33,34,35,38,41). The molecule has 4 aromatic rings. The van der Waals surface area contributed by atoms with Crippen LogP contribution in [0, 0.1) is 0 Å². The molecule has 3 N–H and O–H groups in total. The number of para-hydroxylation sites is 1. The third-order valence-corrected chi connectivity index (χ3v) is 5.75. The number of amides is 2. The molecule has 0 fully saturated rings. The molecule has 0 bridgehead atoms. The molecule has 0 atom stereocenters. The smallest absolute Gasteiger partial charge is 0.426 e. The summed E-state index contributed by atoms with van der Waals surface area (Å²) < 4.78 is 72.5. The van der Waals surface area contributed by atoms with Crippen molar-refractivity contribution in [2.24, 2.45) is 0 Å². The Morgan fingerprint density at radius 1 is 0.854 bits per heavy atom. The number of carbonyl (C=O) groups excluding carboxylic acids is 1. The number of hydrogen-bond donors (Lipinski definition) is 3. The highest BCUT2D eigenvalue weighted by atomic mass is 32.1. The Morgan fingerprint density at radius 3 is 1.98 bits per heavy atom. The van der Waals surface area contributed by atoms with E-state index >= 15 is 0 Å². The number of nitrogens with zero attached hydrogens (tertiary/aromatic N) is 2. The summed E-state index contributed by atoms with van der Waals surface area (Å²) >= 11 is 5.25. The molecular weight excluding hydrogens is 569 g/mol. The van der Waals surface area contributed by atoms with E-state index in [1.54, 1.807) is 24.3 Å². The molecule has 0 radical (unpaired) electrons. The zero-order valence-corrected chi connectivity index (χ0v) is 22.2. The first-order valence-corrected chi connectivity index (χ1v) is 12.4. The molecule has 214 valence electrons. The maximum Gasteiger partial charge on any atom is 0.499 e. The molecule has 0 saturated carbocycles. The number of nitrogens with one attached hydrogen (secondary N) is 3. The van der Waals surface area contributed by atoms with E-state index in [-0.39, 0.29) is 28.4 Å². The van der Waals surface area contributed by atoms with Gasteiger partial charge in [0.2, 0.25) is 11.8 Å². The second-order valence-electron chi connectivity index (χ2n) is 8.91. The first kappa shape index (κ1) is 29.4. The number of thiocarbonyl (C=S) groups is 1. The van der Waals surface area contributed by atoms with Crippen LogP contribution >= 0.6 is 12.2 Å². The van der Waals surface area contributed by atoms with Crippen LogP contribution in [0.25, 0.3) is 22.9 Å². The van der Waals surface area contributed by atoms with E-state index in [9.17, 15) is 26.7 Å². The lowest BCUT2D eigenvalue weighted by Crippen LogP contribution is -2.41. The van der Waals surface area contributed by atoms with Gasteiger partial charge in [-0.2, -0.15) is 22.0 Å². The van der Waals surface area contributed by atoms with Crippen LogP contribution in [-0.4, -0.2) is 33.6 Å². The minimum atomic E-state index is -5.86. The predicted octanol–water partition coefficient (Wildman–Crippen LogP) is 7.58.